The van der Waals surface area contributed by atoms with Crippen LogP contribution in [-0.4, -0.2) is 36.6 Å². The summed E-state index contributed by atoms with van der Waals surface area (Å²) in [7, 11) is 1.49. The number of hydrogen-bond donors (Lipinski definition) is 1. The lowest BCUT2D eigenvalue weighted by atomic mass is 9.33. The molecule has 4 saturated carbocycles. The molecule has 9 atom stereocenters. The molecule has 206 valence electrons. The first-order valence-corrected chi connectivity index (χ1v) is 14.5. The van der Waals surface area contributed by atoms with E-state index in [1.165, 1.54) is 12.7 Å². The highest BCUT2D eigenvalue weighted by Gasteiger charge is 2.71. The number of ether oxygens (including phenoxy) is 1. The van der Waals surface area contributed by atoms with Gasteiger partial charge in [0.2, 0.25) is 0 Å². The highest BCUT2D eigenvalue weighted by Crippen LogP contribution is 2.75. The Morgan fingerprint density at radius 1 is 1.03 bits per heavy atom. The molecule has 37 heavy (non-hydrogen) atoms. The molecule has 0 aromatic carbocycles. The van der Waals surface area contributed by atoms with Crippen LogP contribution in [0.25, 0.3) is 0 Å². The van der Waals surface area contributed by atoms with Gasteiger partial charge in [0.25, 0.3) is 0 Å². The largest absolute Gasteiger partial charge is 0.469 e. The molecule has 5 aliphatic rings. The van der Waals surface area contributed by atoms with E-state index in [0.29, 0.717) is 6.42 Å². The third kappa shape index (κ3) is 3.26. The Morgan fingerprint density at radius 2 is 1.70 bits per heavy atom. The Hall–Kier alpha value is -1.56. The van der Waals surface area contributed by atoms with E-state index in [-0.39, 0.29) is 57.8 Å². The van der Waals surface area contributed by atoms with Gasteiger partial charge < -0.3 is 9.84 Å². The average molecular weight is 514 g/mol. The smallest absolute Gasteiger partial charge is 0.312 e. The zero-order valence-electron chi connectivity index (χ0n) is 24.0. The number of allylic oxidation sites excluding steroid dienone is 2. The van der Waals surface area contributed by atoms with Crippen LogP contribution in [0.3, 0.4) is 0 Å². The van der Waals surface area contributed by atoms with Gasteiger partial charge in [-0.1, -0.05) is 52.3 Å². The number of methoxy groups -OCH3 is 1. The molecule has 0 saturated heterocycles. The first-order chi connectivity index (χ1) is 17.2. The minimum atomic E-state index is -0.586. The fourth-order valence-corrected chi connectivity index (χ4v) is 10.8. The number of hydrogen-bond acceptors (Lipinski definition) is 6. The molecule has 1 unspecified atom stereocenters. The van der Waals surface area contributed by atoms with Crippen molar-refractivity contribution < 1.29 is 19.4 Å². The number of aliphatic hydroxyl groups excluding tert-OH is 1. The van der Waals surface area contributed by atoms with Crippen LogP contribution in [0.2, 0.25) is 0 Å². The number of carbonyl (C=O) groups excluding carboxylic acids is 2. The van der Waals surface area contributed by atoms with Gasteiger partial charge in [0.15, 0.2) is 5.78 Å². The maximum atomic E-state index is 14.4. The lowest BCUT2D eigenvalue weighted by Gasteiger charge is -2.69. The van der Waals surface area contributed by atoms with Crippen molar-refractivity contribution in [3.05, 3.63) is 16.6 Å². The van der Waals surface area contributed by atoms with E-state index in [9.17, 15) is 19.6 Å². The van der Waals surface area contributed by atoms with Crippen LogP contribution in [-0.2, 0) is 14.3 Å². The van der Waals surface area contributed by atoms with Crippen molar-refractivity contribution in [2.75, 3.05) is 13.7 Å². The molecule has 0 aromatic heterocycles. The minimum absolute atomic E-state index is 0.0205. The Balaban J connectivity index is 1.64. The van der Waals surface area contributed by atoms with E-state index in [0.717, 1.165) is 51.4 Å². The lowest BCUT2D eigenvalue weighted by Crippen LogP contribution is -2.66. The van der Waals surface area contributed by atoms with Crippen molar-refractivity contribution in [2.45, 2.75) is 105 Å². The molecule has 0 aliphatic heterocycles. The fraction of sp³-hybridized carbons (Fsp3) is 0.871. The summed E-state index contributed by atoms with van der Waals surface area (Å²) in [6, 6.07) is -0.400. The lowest BCUT2D eigenvalue weighted by molar-refractivity contribution is -0.194. The number of nitrogens with zero attached hydrogens (tertiary/aromatic N) is 1. The summed E-state index contributed by atoms with van der Waals surface area (Å²) in [4.78, 5) is 39.5. The van der Waals surface area contributed by atoms with E-state index in [4.69, 9.17) is 4.74 Å². The Labute approximate surface area is 222 Å². The van der Waals surface area contributed by atoms with Gasteiger partial charge in [-0.15, -0.1) is 0 Å². The molecule has 1 N–H and O–H groups in total. The third-order valence-electron chi connectivity index (χ3n) is 13.2. The maximum absolute atomic E-state index is 14.4. The molecule has 0 heterocycles. The van der Waals surface area contributed by atoms with E-state index in [1.807, 2.05) is 13.0 Å². The second kappa shape index (κ2) is 8.22. The summed E-state index contributed by atoms with van der Waals surface area (Å²) in [5.41, 5.74) is -0.555. The predicted molar refractivity (Wildman–Crippen MR) is 142 cm³/mol. The highest BCUT2D eigenvalue weighted by atomic mass is 16.5. The minimum Gasteiger partial charge on any atom is -0.469 e. The van der Waals surface area contributed by atoms with Crippen molar-refractivity contribution in [2.24, 2.45) is 55.4 Å². The van der Waals surface area contributed by atoms with Gasteiger partial charge in [-0.05, 0) is 97.4 Å². The van der Waals surface area contributed by atoms with Gasteiger partial charge in [-0.25, -0.2) is 0 Å². The molecule has 5 aliphatic carbocycles. The topological polar surface area (TPSA) is 93.0 Å². The second-order valence-electron chi connectivity index (χ2n) is 15.1. The molecule has 5 rings (SSSR count). The normalized spacial score (nSPS) is 50.5. The van der Waals surface area contributed by atoms with Crippen LogP contribution in [0.15, 0.2) is 16.8 Å². The van der Waals surface area contributed by atoms with E-state index in [2.05, 4.69) is 39.8 Å². The molecule has 4 fully saturated rings. The van der Waals surface area contributed by atoms with Gasteiger partial charge in [0, 0.05) is 11.3 Å². The number of esters is 1. The van der Waals surface area contributed by atoms with Gasteiger partial charge in [0.1, 0.15) is 0 Å². The van der Waals surface area contributed by atoms with Gasteiger partial charge in [-0.3, -0.25) is 9.59 Å². The van der Waals surface area contributed by atoms with Crippen molar-refractivity contribution >= 4 is 11.8 Å². The zero-order chi connectivity index (χ0) is 27.2. The van der Waals surface area contributed by atoms with Crippen molar-refractivity contribution in [3.63, 3.8) is 0 Å². The number of rotatable bonds is 3. The number of carbonyl (C=O) groups is 2. The van der Waals surface area contributed by atoms with Gasteiger partial charge in [0.05, 0.1) is 25.2 Å². The molecule has 0 spiro atoms. The fourth-order valence-electron chi connectivity index (χ4n) is 10.8. The van der Waals surface area contributed by atoms with Gasteiger partial charge >= 0.3 is 5.97 Å². The van der Waals surface area contributed by atoms with Crippen LogP contribution < -0.4 is 0 Å². The number of aliphatic hydroxyl groups is 1. The Morgan fingerprint density at radius 3 is 2.32 bits per heavy atom. The quantitative estimate of drug-likeness (QED) is 0.356. The van der Waals surface area contributed by atoms with Crippen LogP contribution in [0, 0.1) is 55.2 Å². The molecule has 0 bridgehead atoms. The summed E-state index contributed by atoms with van der Waals surface area (Å²) < 4.78 is 5.42. The molecule has 0 radical (unpaired) electrons. The summed E-state index contributed by atoms with van der Waals surface area (Å²) in [5, 5.41) is 14.0. The molecular weight excluding hydrogens is 466 g/mol. The first-order valence-electron chi connectivity index (χ1n) is 14.5. The molecule has 0 aromatic rings. The monoisotopic (exact) mass is 513 g/mol. The number of nitroso groups, excluding NO2 is 1. The van der Waals surface area contributed by atoms with Gasteiger partial charge in [-0.2, -0.15) is 4.91 Å². The summed E-state index contributed by atoms with van der Waals surface area (Å²) >= 11 is 0. The molecular formula is C31H47NO5. The average Bonchev–Trinajstić information content (AvgIpc) is 2.84. The Kier molecular flexibility index (Phi) is 6.01. The highest BCUT2D eigenvalue weighted by molar-refractivity contribution is 5.96. The number of ketones is 1. The van der Waals surface area contributed by atoms with Crippen molar-refractivity contribution in [1.82, 2.24) is 0 Å². The van der Waals surface area contributed by atoms with Crippen LogP contribution in [0.4, 0.5) is 0 Å². The second-order valence-corrected chi connectivity index (χ2v) is 15.1. The zero-order valence-corrected chi connectivity index (χ0v) is 24.0. The van der Waals surface area contributed by atoms with E-state index in [1.54, 1.807) is 0 Å². The Bertz CT molecular complexity index is 1050. The predicted octanol–water partition coefficient (Wildman–Crippen LogP) is 6.25. The van der Waals surface area contributed by atoms with Crippen molar-refractivity contribution in [1.29, 1.82) is 0 Å². The summed E-state index contributed by atoms with van der Waals surface area (Å²) in [5.74, 6) is -0.0790. The standard InChI is InChI=1S/C31H47NO5/c1-26(2)12-14-31(25(35)37-7)15-13-30(6)24(19(31)17-26)20(34)16-22-27(3)10-9-23(32-36)28(4,18-33)21(27)8-11-29(22,30)5/h16,19,21,23-24,33H,8-15,17-18H2,1-7H3/t19-,21+,23?,24-,27-,28+,29+,30+,31-/m0/s1. The molecule has 6 heteroatoms. The SMILES string of the molecule is COC(=O)[C@]12CCC(C)(C)C[C@H]1[C@H]1C(=O)C=C3[C@@]4(C)CCC(N=O)[C@](C)(CO)[C@@H]4CC[C@@]3(C)[C@]1(C)CC2. The maximum Gasteiger partial charge on any atom is 0.312 e. The van der Waals surface area contributed by atoms with Crippen LogP contribution in [0.1, 0.15) is 99.3 Å². The summed E-state index contributed by atoms with van der Waals surface area (Å²) in [6.07, 6.45) is 9.47. The molecule has 6 nitrogen and oxygen atoms in total. The van der Waals surface area contributed by atoms with Crippen LogP contribution in [0.5, 0.6) is 0 Å². The summed E-state index contributed by atoms with van der Waals surface area (Å²) in [6.45, 7) is 13.5. The number of fused-ring (bicyclic) bond motifs is 7. The van der Waals surface area contributed by atoms with E-state index >= 15 is 0 Å². The van der Waals surface area contributed by atoms with Crippen molar-refractivity contribution in [3.8, 4) is 0 Å². The van der Waals surface area contributed by atoms with E-state index < -0.39 is 16.9 Å². The molecule has 0 amide bonds. The van der Waals surface area contributed by atoms with Crippen LogP contribution >= 0.6 is 0 Å². The first kappa shape index (κ1) is 27.0. The third-order valence-corrected chi connectivity index (χ3v) is 13.2.